The van der Waals surface area contributed by atoms with Gasteiger partial charge in [-0.3, -0.25) is 9.79 Å². The van der Waals surface area contributed by atoms with E-state index in [9.17, 15) is 9.59 Å². The van der Waals surface area contributed by atoms with E-state index in [1.165, 1.54) is 0 Å². The Bertz CT molecular complexity index is 1100. The third kappa shape index (κ3) is 2.66. The van der Waals surface area contributed by atoms with Crippen LogP contribution < -0.4 is 0 Å². The third-order valence-electron chi connectivity index (χ3n) is 5.71. The average Bonchev–Trinajstić information content (AvgIpc) is 2.97. The smallest absolute Gasteiger partial charge is 0.336 e. The molecule has 2 aliphatic rings. The number of allylic oxidation sites excluding steroid dienone is 1. The zero-order chi connectivity index (χ0) is 20.6. The highest BCUT2D eigenvalue weighted by atomic mass is 16.5. The largest absolute Gasteiger partial charge is 0.463 e. The Hall–Kier alpha value is -3.45. The second-order valence-corrected chi connectivity index (χ2v) is 7.25. The highest BCUT2D eigenvalue weighted by Crippen LogP contribution is 2.55. The van der Waals surface area contributed by atoms with Gasteiger partial charge in [0, 0.05) is 29.2 Å². The van der Waals surface area contributed by atoms with Crippen molar-refractivity contribution >= 4 is 17.5 Å². The molecular formula is C25H21NO3. The monoisotopic (exact) mass is 383 g/mol. The minimum absolute atomic E-state index is 0.0899. The number of fused-ring (bicyclic) bond motifs is 3. The minimum atomic E-state index is -1.12. The Kier molecular flexibility index (Phi) is 4.68. The molecule has 1 aliphatic heterocycles. The minimum Gasteiger partial charge on any atom is -0.463 e. The van der Waals surface area contributed by atoms with Gasteiger partial charge in [-0.05, 0) is 19.4 Å². The molecule has 29 heavy (non-hydrogen) atoms. The molecule has 0 amide bonds. The lowest BCUT2D eigenvalue weighted by Gasteiger charge is -2.39. The van der Waals surface area contributed by atoms with Crippen molar-refractivity contribution in [2.45, 2.75) is 26.2 Å². The van der Waals surface area contributed by atoms with Gasteiger partial charge in [0.15, 0.2) is 5.78 Å². The molecule has 0 bridgehead atoms. The summed E-state index contributed by atoms with van der Waals surface area (Å²) in [5.74, 6) is 1.58. The molecule has 0 aromatic heterocycles. The van der Waals surface area contributed by atoms with Crippen LogP contribution in [0.4, 0.5) is 0 Å². The number of hydrogen-bond donors (Lipinski definition) is 0. The molecule has 0 saturated heterocycles. The van der Waals surface area contributed by atoms with E-state index < -0.39 is 17.3 Å². The molecule has 144 valence electrons. The van der Waals surface area contributed by atoms with Crippen LogP contribution in [0.1, 0.15) is 47.7 Å². The molecule has 0 fully saturated rings. The summed E-state index contributed by atoms with van der Waals surface area (Å²) < 4.78 is 5.36. The van der Waals surface area contributed by atoms with E-state index in [4.69, 9.17) is 16.2 Å². The van der Waals surface area contributed by atoms with Crippen LogP contribution in [0.15, 0.2) is 70.9 Å². The Labute approximate surface area is 170 Å². The normalized spacial score (nSPS) is 22.4. The summed E-state index contributed by atoms with van der Waals surface area (Å²) in [5, 5.41) is 0. The average molecular weight is 383 g/mol. The van der Waals surface area contributed by atoms with Gasteiger partial charge in [-0.25, -0.2) is 4.79 Å². The van der Waals surface area contributed by atoms with Crippen LogP contribution in [0.3, 0.4) is 0 Å². The van der Waals surface area contributed by atoms with E-state index in [0.717, 1.165) is 11.1 Å². The number of carbonyl (C=O) groups excluding carboxylic acids is 2. The molecular weight excluding hydrogens is 362 g/mol. The number of ketones is 1. The van der Waals surface area contributed by atoms with Crippen molar-refractivity contribution in [3.8, 4) is 12.3 Å². The molecule has 4 heteroatoms. The number of ether oxygens (including phenoxy) is 1. The Morgan fingerprint density at radius 3 is 2.45 bits per heavy atom. The highest BCUT2D eigenvalue weighted by Gasteiger charge is 2.59. The number of Topliss-reactive ketones (excluding diaryl/α,β-unsaturated/α-hetero) is 1. The topological polar surface area (TPSA) is 55.7 Å². The van der Waals surface area contributed by atoms with Gasteiger partial charge in [0.2, 0.25) is 0 Å². The summed E-state index contributed by atoms with van der Waals surface area (Å²) in [4.78, 5) is 31.6. The number of esters is 1. The summed E-state index contributed by atoms with van der Waals surface area (Å²) in [6, 6.07) is 17.0. The molecule has 1 heterocycles. The second kappa shape index (κ2) is 7.18. The highest BCUT2D eigenvalue weighted by molar-refractivity contribution is 6.33. The lowest BCUT2D eigenvalue weighted by molar-refractivity contribution is -0.139. The van der Waals surface area contributed by atoms with Crippen molar-refractivity contribution in [3.63, 3.8) is 0 Å². The fourth-order valence-electron chi connectivity index (χ4n) is 4.58. The molecule has 0 spiro atoms. The maximum absolute atomic E-state index is 13.8. The summed E-state index contributed by atoms with van der Waals surface area (Å²) in [5.41, 5.74) is 2.72. The zero-order valence-corrected chi connectivity index (χ0v) is 16.4. The Balaban J connectivity index is 2.06. The molecule has 0 saturated carbocycles. The van der Waals surface area contributed by atoms with E-state index >= 15 is 0 Å². The number of aliphatic imine (C=N–C) groups is 1. The van der Waals surface area contributed by atoms with Crippen molar-refractivity contribution in [3.05, 3.63) is 82.6 Å². The number of carbonyl (C=O) groups is 2. The van der Waals surface area contributed by atoms with Crippen LogP contribution in [0, 0.1) is 17.8 Å². The van der Waals surface area contributed by atoms with Crippen molar-refractivity contribution in [2.75, 3.05) is 6.61 Å². The van der Waals surface area contributed by atoms with E-state index in [-0.39, 0.29) is 18.8 Å². The number of hydrogen-bond acceptors (Lipinski definition) is 4. The predicted octanol–water partition coefficient (Wildman–Crippen LogP) is 4.32. The number of rotatable bonds is 4. The van der Waals surface area contributed by atoms with E-state index in [1.807, 2.05) is 48.5 Å². The summed E-state index contributed by atoms with van der Waals surface area (Å²) in [7, 11) is 0. The van der Waals surface area contributed by atoms with Gasteiger partial charge in [0.25, 0.3) is 0 Å². The van der Waals surface area contributed by atoms with Crippen molar-refractivity contribution in [1.82, 2.24) is 0 Å². The molecule has 1 aliphatic carbocycles. The first-order valence-corrected chi connectivity index (χ1v) is 9.66. The summed E-state index contributed by atoms with van der Waals surface area (Å²) >= 11 is 0. The fraction of sp³-hybridized carbons (Fsp3) is 0.240. The van der Waals surface area contributed by atoms with Crippen molar-refractivity contribution in [1.29, 1.82) is 0 Å². The molecule has 0 N–H and O–H groups in total. The maximum Gasteiger partial charge on any atom is 0.336 e. The molecule has 2 aromatic carbocycles. The van der Waals surface area contributed by atoms with Gasteiger partial charge in [0.1, 0.15) is 0 Å². The first kappa shape index (κ1) is 18.9. The third-order valence-corrected chi connectivity index (χ3v) is 5.71. The van der Waals surface area contributed by atoms with Gasteiger partial charge < -0.3 is 4.74 Å². The molecule has 4 rings (SSSR count). The maximum atomic E-state index is 13.8. The Morgan fingerprint density at radius 2 is 1.79 bits per heavy atom. The quantitative estimate of drug-likeness (QED) is 0.584. The van der Waals surface area contributed by atoms with Gasteiger partial charge in [0.05, 0.1) is 23.3 Å². The molecule has 2 aromatic rings. The van der Waals surface area contributed by atoms with Crippen LogP contribution in [0.2, 0.25) is 0 Å². The lowest BCUT2D eigenvalue weighted by Crippen LogP contribution is -2.44. The first-order valence-electron chi connectivity index (χ1n) is 9.66. The summed E-state index contributed by atoms with van der Waals surface area (Å²) in [6.45, 7) is 3.79. The lowest BCUT2D eigenvalue weighted by atomic mass is 9.62. The second-order valence-electron chi connectivity index (χ2n) is 7.25. The van der Waals surface area contributed by atoms with Crippen molar-refractivity contribution in [2.24, 2.45) is 10.4 Å². The van der Waals surface area contributed by atoms with Crippen LogP contribution in [-0.2, 0) is 9.53 Å². The van der Waals surface area contributed by atoms with Gasteiger partial charge in [-0.15, -0.1) is 12.3 Å². The van der Waals surface area contributed by atoms with Gasteiger partial charge >= 0.3 is 5.97 Å². The van der Waals surface area contributed by atoms with Crippen LogP contribution in [0.25, 0.3) is 0 Å². The van der Waals surface area contributed by atoms with Gasteiger partial charge in [-0.1, -0.05) is 54.6 Å². The van der Waals surface area contributed by atoms with E-state index in [2.05, 4.69) is 5.92 Å². The van der Waals surface area contributed by atoms with Crippen LogP contribution in [0.5, 0.6) is 0 Å². The first-order chi connectivity index (χ1) is 14.1. The van der Waals surface area contributed by atoms with Crippen LogP contribution in [-0.4, -0.2) is 24.1 Å². The number of terminal acetylenes is 1. The predicted molar refractivity (Wildman–Crippen MR) is 112 cm³/mol. The standard InChI is InChI=1S/C25H21NO3/c1-4-15-25-21(17-11-7-6-8-12-17)20(24(28)29-5-2)16(3)26-22(25)18-13-9-10-14-19(18)23(25)27/h1,6-14,21H,5,15H2,2-3H3. The SMILES string of the molecule is C#CCC12C(=O)c3ccccc3C1=NC(C)=C(C(=O)OCC)C2c1ccccc1. The Morgan fingerprint density at radius 1 is 1.14 bits per heavy atom. The van der Waals surface area contributed by atoms with Gasteiger partial charge in [-0.2, -0.15) is 0 Å². The number of benzene rings is 2. The molecule has 4 nitrogen and oxygen atoms in total. The molecule has 0 radical (unpaired) electrons. The molecule has 2 unspecified atom stereocenters. The van der Waals surface area contributed by atoms with E-state index in [0.29, 0.717) is 22.5 Å². The fourth-order valence-corrected chi connectivity index (χ4v) is 4.58. The van der Waals surface area contributed by atoms with Crippen molar-refractivity contribution < 1.29 is 14.3 Å². The summed E-state index contributed by atoms with van der Waals surface area (Å²) in [6.07, 6.45) is 5.92. The number of nitrogens with zero attached hydrogens (tertiary/aromatic N) is 1. The van der Waals surface area contributed by atoms with E-state index in [1.54, 1.807) is 19.9 Å². The van der Waals surface area contributed by atoms with Crippen LogP contribution >= 0.6 is 0 Å². The molecule has 2 atom stereocenters. The zero-order valence-electron chi connectivity index (χ0n) is 16.4.